The van der Waals surface area contributed by atoms with Gasteiger partial charge in [-0.2, -0.15) is 5.26 Å². The largest absolute Gasteiger partial charge is 0.482 e. The number of amides is 1. The predicted octanol–water partition coefficient (Wildman–Crippen LogP) is 2.58. The van der Waals surface area contributed by atoms with Crippen molar-refractivity contribution in [3.63, 3.8) is 0 Å². The lowest BCUT2D eigenvalue weighted by Gasteiger charge is -2.27. The molecule has 0 bridgehead atoms. The Morgan fingerprint density at radius 2 is 2.25 bits per heavy atom. The number of likely N-dealkylation sites (tertiary alicyclic amines) is 1. The molecule has 2 rings (SSSR count). The number of hydrogen-bond donors (Lipinski definition) is 0. The van der Waals surface area contributed by atoms with Gasteiger partial charge in [-0.25, -0.2) is 0 Å². The van der Waals surface area contributed by atoms with E-state index in [1.807, 2.05) is 4.90 Å². The van der Waals surface area contributed by atoms with E-state index in [1.165, 1.54) is 0 Å². The van der Waals surface area contributed by atoms with E-state index in [2.05, 4.69) is 19.9 Å². The first-order valence-electron chi connectivity index (χ1n) is 7.05. The van der Waals surface area contributed by atoms with Gasteiger partial charge in [0.2, 0.25) is 0 Å². The molecular weight excluding hydrogens is 252 g/mol. The Morgan fingerprint density at radius 1 is 1.50 bits per heavy atom. The lowest BCUT2D eigenvalue weighted by atomic mass is 10.0. The number of nitrogens with zero attached hydrogens (tertiary/aromatic N) is 2. The third-order valence-corrected chi connectivity index (χ3v) is 3.75. The van der Waals surface area contributed by atoms with E-state index in [0.717, 1.165) is 19.4 Å². The molecule has 1 aromatic rings. The molecule has 1 saturated heterocycles. The van der Waals surface area contributed by atoms with Crippen LogP contribution in [0, 0.1) is 17.2 Å². The Morgan fingerprint density at radius 3 is 2.95 bits per heavy atom. The van der Waals surface area contributed by atoms with Gasteiger partial charge in [0.15, 0.2) is 6.61 Å². The quantitative estimate of drug-likeness (QED) is 0.846. The summed E-state index contributed by atoms with van der Waals surface area (Å²) >= 11 is 0. The van der Waals surface area contributed by atoms with Crippen LogP contribution in [0.15, 0.2) is 24.3 Å². The van der Waals surface area contributed by atoms with E-state index in [-0.39, 0.29) is 12.5 Å². The van der Waals surface area contributed by atoms with Crippen molar-refractivity contribution in [2.75, 3.05) is 13.2 Å². The van der Waals surface area contributed by atoms with Crippen molar-refractivity contribution in [2.45, 2.75) is 32.7 Å². The monoisotopic (exact) mass is 272 g/mol. The molecular formula is C16H20N2O2. The molecule has 106 valence electrons. The smallest absolute Gasteiger partial charge is 0.260 e. The third kappa shape index (κ3) is 3.11. The summed E-state index contributed by atoms with van der Waals surface area (Å²) in [6.07, 6.45) is 2.13. The molecule has 0 aromatic heterocycles. The van der Waals surface area contributed by atoms with Gasteiger partial charge in [-0.3, -0.25) is 4.79 Å². The van der Waals surface area contributed by atoms with Crippen LogP contribution in [0.5, 0.6) is 5.75 Å². The molecule has 0 N–H and O–H groups in total. The van der Waals surface area contributed by atoms with Gasteiger partial charge in [-0.15, -0.1) is 0 Å². The minimum atomic E-state index is 0.00190. The van der Waals surface area contributed by atoms with E-state index >= 15 is 0 Å². The standard InChI is InChI=1S/C16H20N2O2/c1-12(2)14-7-5-9-18(14)16(19)11-20-15-8-4-3-6-13(15)10-17/h3-4,6,8,12,14H,5,7,9,11H2,1-2H3. The number of ether oxygens (including phenoxy) is 1. The summed E-state index contributed by atoms with van der Waals surface area (Å²) in [6, 6.07) is 9.37. The molecule has 0 radical (unpaired) electrons. The molecule has 0 aliphatic carbocycles. The van der Waals surface area contributed by atoms with Crippen molar-refractivity contribution in [1.82, 2.24) is 4.90 Å². The molecule has 1 amide bonds. The number of carbonyl (C=O) groups excluding carboxylic acids is 1. The molecule has 0 spiro atoms. The second-order valence-corrected chi connectivity index (χ2v) is 5.44. The highest BCUT2D eigenvalue weighted by Crippen LogP contribution is 2.24. The summed E-state index contributed by atoms with van der Waals surface area (Å²) in [5.41, 5.74) is 0.460. The summed E-state index contributed by atoms with van der Waals surface area (Å²) in [6.45, 7) is 5.09. The topological polar surface area (TPSA) is 53.3 Å². The van der Waals surface area contributed by atoms with Gasteiger partial charge in [-0.1, -0.05) is 26.0 Å². The van der Waals surface area contributed by atoms with Crippen LogP contribution in [0.1, 0.15) is 32.3 Å². The number of hydrogen-bond acceptors (Lipinski definition) is 3. The van der Waals surface area contributed by atoms with Gasteiger partial charge >= 0.3 is 0 Å². The van der Waals surface area contributed by atoms with Gasteiger partial charge in [0.05, 0.1) is 5.56 Å². The number of para-hydroxylation sites is 1. The minimum absolute atomic E-state index is 0.00190. The summed E-state index contributed by atoms with van der Waals surface area (Å²) in [5.74, 6) is 0.949. The molecule has 20 heavy (non-hydrogen) atoms. The Labute approximate surface area is 120 Å². The molecule has 4 nitrogen and oxygen atoms in total. The SMILES string of the molecule is CC(C)C1CCCN1C(=O)COc1ccccc1C#N. The Balaban J connectivity index is 1.97. The van der Waals surface area contributed by atoms with Crippen LogP contribution in [0.3, 0.4) is 0 Å². The Bertz CT molecular complexity index is 519. The predicted molar refractivity (Wildman–Crippen MR) is 76.2 cm³/mol. The molecule has 1 atom stereocenters. The van der Waals surface area contributed by atoms with Crippen LogP contribution in [0.4, 0.5) is 0 Å². The number of carbonyl (C=O) groups is 1. The fraction of sp³-hybridized carbons (Fsp3) is 0.500. The van der Waals surface area contributed by atoms with Crippen molar-refractivity contribution in [1.29, 1.82) is 5.26 Å². The Kier molecular flexibility index (Phi) is 4.62. The van der Waals surface area contributed by atoms with Gasteiger partial charge in [0.25, 0.3) is 5.91 Å². The highest BCUT2D eigenvalue weighted by molar-refractivity contribution is 5.78. The van der Waals surface area contributed by atoms with Gasteiger partial charge in [0.1, 0.15) is 11.8 Å². The normalized spacial score (nSPS) is 18.1. The number of rotatable bonds is 4. The van der Waals surface area contributed by atoms with Crippen molar-refractivity contribution in [2.24, 2.45) is 5.92 Å². The molecule has 0 saturated carbocycles. The number of benzene rings is 1. The first-order chi connectivity index (χ1) is 9.63. The summed E-state index contributed by atoms with van der Waals surface area (Å²) in [5, 5.41) is 8.98. The maximum Gasteiger partial charge on any atom is 0.260 e. The molecule has 1 aromatic carbocycles. The molecule has 1 heterocycles. The van der Waals surface area contributed by atoms with Crippen LogP contribution < -0.4 is 4.74 Å². The lowest BCUT2D eigenvalue weighted by molar-refractivity contribution is -0.134. The van der Waals surface area contributed by atoms with Crippen molar-refractivity contribution in [3.05, 3.63) is 29.8 Å². The van der Waals surface area contributed by atoms with E-state index in [4.69, 9.17) is 10.00 Å². The Hall–Kier alpha value is -2.02. The average Bonchev–Trinajstić information content (AvgIpc) is 2.94. The van der Waals surface area contributed by atoms with Crippen molar-refractivity contribution >= 4 is 5.91 Å². The fourth-order valence-corrected chi connectivity index (χ4v) is 2.70. The van der Waals surface area contributed by atoms with Gasteiger partial charge in [-0.05, 0) is 30.9 Å². The zero-order valence-corrected chi connectivity index (χ0v) is 12.0. The minimum Gasteiger partial charge on any atom is -0.482 e. The fourth-order valence-electron chi connectivity index (χ4n) is 2.70. The van der Waals surface area contributed by atoms with Crippen LogP contribution in [-0.4, -0.2) is 30.0 Å². The summed E-state index contributed by atoms with van der Waals surface area (Å²) < 4.78 is 5.52. The van der Waals surface area contributed by atoms with Crippen LogP contribution in [0.25, 0.3) is 0 Å². The second-order valence-electron chi connectivity index (χ2n) is 5.44. The third-order valence-electron chi connectivity index (χ3n) is 3.75. The zero-order chi connectivity index (χ0) is 14.5. The molecule has 1 unspecified atom stereocenters. The van der Waals surface area contributed by atoms with E-state index in [0.29, 0.717) is 23.3 Å². The highest BCUT2D eigenvalue weighted by atomic mass is 16.5. The van der Waals surface area contributed by atoms with Crippen LogP contribution in [-0.2, 0) is 4.79 Å². The van der Waals surface area contributed by atoms with Gasteiger partial charge in [0, 0.05) is 12.6 Å². The summed E-state index contributed by atoms with van der Waals surface area (Å²) in [7, 11) is 0. The molecule has 4 heteroatoms. The maximum atomic E-state index is 12.3. The summed E-state index contributed by atoms with van der Waals surface area (Å²) in [4.78, 5) is 14.2. The van der Waals surface area contributed by atoms with Crippen molar-refractivity contribution < 1.29 is 9.53 Å². The highest BCUT2D eigenvalue weighted by Gasteiger charge is 2.30. The first-order valence-corrected chi connectivity index (χ1v) is 7.05. The molecule has 1 aliphatic heterocycles. The molecule has 1 fully saturated rings. The van der Waals surface area contributed by atoms with E-state index in [9.17, 15) is 4.79 Å². The zero-order valence-electron chi connectivity index (χ0n) is 12.0. The average molecular weight is 272 g/mol. The van der Waals surface area contributed by atoms with Crippen LogP contribution in [0.2, 0.25) is 0 Å². The lowest BCUT2D eigenvalue weighted by Crippen LogP contribution is -2.41. The maximum absolute atomic E-state index is 12.3. The van der Waals surface area contributed by atoms with Crippen LogP contribution >= 0.6 is 0 Å². The van der Waals surface area contributed by atoms with E-state index < -0.39 is 0 Å². The molecule has 1 aliphatic rings. The van der Waals surface area contributed by atoms with E-state index in [1.54, 1.807) is 24.3 Å². The first kappa shape index (κ1) is 14.4. The van der Waals surface area contributed by atoms with Crippen molar-refractivity contribution in [3.8, 4) is 11.8 Å². The number of nitriles is 1. The van der Waals surface area contributed by atoms with Gasteiger partial charge < -0.3 is 9.64 Å². The second kappa shape index (κ2) is 6.42.